The van der Waals surface area contributed by atoms with Gasteiger partial charge in [0.25, 0.3) is 5.91 Å². The second kappa shape index (κ2) is 5.92. The van der Waals surface area contributed by atoms with Gasteiger partial charge >= 0.3 is 0 Å². The van der Waals surface area contributed by atoms with Crippen LogP contribution in [0.2, 0.25) is 0 Å². The third-order valence-corrected chi connectivity index (χ3v) is 3.76. The first-order chi connectivity index (χ1) is 9.93. The van der Waals surface area contributed by atoms with Crippen molar-refractivity contribution in [2.24, 2.45) is 0 Å². The molecule has 0 spiro atoms. The van der Waals surface area contributed by atoms with E-state index in [1.165, 1.54) is 0 Å². The van der Waals surface area contributed by atoms with E-state index >= 15 is 0 Å². The molecule has 1 aromatic heterocycles. The van der Waals surface area contributed by atoms with E-state index < -0.39 is 0 Å². The molecule has 21 heavy (non-hydrogen) atoms. The number of aromatic nitrogens is 1. The number of benzene rings is 1. The first-order valence-electron chi connectivity index (χ1n) is 6.96. The van der Waals surface area contributed by atoms with Crippen LogP contribution in [0.25, 0.3) is 10.9 Å². The lowest BCUT2D eigenvalue weighted by atomic mass is 10.1. The van der Waals surface area contributed by atoms with Gasteiger partial charge in [-0.2, -0.15) is 5.26 Å². The van der Waals surface area contributed by atoms with Crippen molar-refractivity contribution >= 4 is 16.8 Å². The first kappa shape index (κ1) is 15.0. The van der Waals surface area contributed by atoms with E-state index in [1.807, 2.05) is 45.0 Å². The topological polar surface area (TPSA) is 57.0 Å². The number of carbonyl (C=O) groups is 1. The van der Waals surface area contributed by atoms with Crippen LogP contribution in [0.15, 0.2) is 24.3 Å². The molecule has 0 radical (unpaired) electrons. The Labute approximate surface area is 125 Å². The lowest BCUT2D eigenvalue weighted by molar-refractivity contribution is 0.0745. The van der Waals surface area contributed by atoms with Crippen LogP contribution < -0.4 is 0 Å². The summed E-state index contributed by atoms with van der Waals surface area (Å²) in [4.78, 5) is 18.7. The molecule has 0 bridgehead atoms. The second-order valence-electron chi connectivity index (χ2n) is 5.44. The Balaban J connectivity index is 2.42. The minimum absolute atomic E-state index is 0.0924. The van der Waals surface area contributed by atoms with Gasteiger partial charge < -0.3 is 4.90 Å². The van der Waals surface area contributed by atoms with Crippen molar-refractivity contribution in [2.75, 3.05) is 7.05 Å². The Morgan fingerprint density at radius 3 is 2.76 bits per heavy atom. The lowest BCUT2D eigenvalue weighted by Gasteiger charge is -2.23. The standard InChI is InChI=1S/C17H19N3O/c1-11-5-6-14-10-15(13(3)19-16(14)9-11)17(21)20(4)12(2)7-8-18/h5-6,9-10,12H,7H2,1-4H3. The molecule has 1 heterocycles. The summed E-state index contributed by atoms with van der Waals surface area (Å²) >= 11 is 0. The van der Waals surface area contributed by atoms with Crippen LogP contribution in [0.3, 0.4) is 0 Å². The minimum Gasteiger partial charge on any atom is -0.338 e. The highest BCUT2D eigenvalue weighted by Crippen LogP contribution is 2.20. The molecule has 4 nitrogen and oxygen atoms in total. The van der Waals surface area contributed by atoms with Gasteiger partial charge in [-0.25, -0.2) is 0 Å². The number of nitrogens with zero attached hydrogens (tertiary/aromatic N) is 3. The van der Waals surface area contributed by atoms with Gasteiger partial charge in [0.2, 0.25) is 0 Å². The van der Waals surface area contributed by atoms with Crippen LogP contribution in [0.5, 0.6) is 0 Å². The SMILES string of the molecule is Cc1ccc2cc(C(=O)N(C)C(C)CC#N)c(C)nc2c1. The third-order valence-electron chi connectivity index (χ3n) is 3.76. The zero-order valence-corrected chi connectivity index (χ0v) is 12.8. The van der Waals surface area contributed by atoms with Gasteiger partial charge in [0, 0.05) is 18.5 Å². The van der Waals surface area contributed by atoms with Crippen molar-refractivity contribution in [1.82, 2.24) is 9.88 Å². The minimum atomic E-state index is -0.115. The Kier molecular flexibility index (Phi) is 4.23. The third kappa shape index (κ3) is 3.03. The summed E-state index contributed by atoms with van der Waals surface area (Å²) in [6.45, 7) is 5.74. The Hall–Kier alpha value is -2.41. The van der Waals surface area contributed by atoms with E-state index in [2.05, 4.69) is 11.1 Å². The first-order valence-corrected chi connectivity index (χ1v) is 6.96. The van der Waals surface area contributed by atoms with E-state index in [4.69, 9.17) is 5.26 Å². The van der Waals surface area contributed by atoms with Crippen LogP contribution in [0.4, 0.5) is 0 Å². The van der Waals surface area contributed by atoms with Crippen molar-refractivity contribution in [3.63, 3.8) is 0 Å². The highest BCUT2D eigenvalue weighted by Gasteiger charge is 2.20. The molecule has 0 saturated carbocycles. The molecule has 0 saturated heterocycles. The summed E-state index contributed by atoms with van der Waals surface area (Å²) < 4.78 is 0. The molecule has 2 aromatic rings. The van der Waals surface area contributed by atoms with Crippen molar-refractivity contribution in [2.45, 2.75) is 33.2 Å². The summed E-state index contributed by atoms with van der Waals surface area (Å²) in [5, 5.41) is 9.71. The highest BCUT2D eigenvalue weighted by molar-refractivity contribution is 5.98. The van der Waals surface area contributed by atoms with Gasteiger partial charge in [-0.1, -0.05) is 12.1 Å². The highest BCUT2D eigenvalue weighted by atomic mass is 16.2. The van der Waals surface area contributed by atoms with Crippen molar-refractivity contribution in [3.05, 3.63) is 41.1 Å². The molecule has 0 aliphatic heterocycles. The summed E-state index contributed by atoms with van der Waals surface area (Å²) in [5.41, 5.74) is 3.36. The molecular formula is C17H19N3O. The van der Waals surface area contributed by atoms with Gasteiger partial charge in [-0.15, -0.1) is 0 Å². The molecule has 4 heteroatoms. The van der Waals surface area contributed by atoms with Gasteiger partial charge in [0.15, 0.2) is 0 Å². The molecule has 1 unspecified atom stereocenters. The number of aryl methyl sites for hydroxylation is 2. The lowest BCUT2D eigenvalue weighted by Crippen LogP contribution is -2.35. The zero-order valence-electron chi connectivity index (χ0n) is 12.8. The van der Waals surface area contributed by atoms with Crippen LogP contribution in [0.1, 0.15) is 35.0 Å². The largest absolute Gasteiger partial charge is 0.338 e. The Bertz CT molecular complexity index is 731. The van der Waals surface area contributed by atoms with Gasteiger partial charge in [-0.05, 0) is 38.5 Å². The molecule has 1 atom stereocenters. The van der Waals surface area contributed by atoms with Crippen LogP contribution >= 0.6 is 0 Å². The fourth-order valence-corrected chi connectivity index (χ4v) is 2.25. The number of carbonyl (C=O) groups excluding carboxylic acids is 1. The normalized spacial score (nSPS) is 12.0. The van der Waals surface area contributed by atoms with Gasteiger partial charge in [0.1, 0.15) is 0 Å². The molecule has 0 aliphatic rings. The molecule has 1 amide bonds. The molecular weight excluding hydrogens is 262 g/mol. The monoisotopic (exact) mass is 281 g/mol. The van der Waals surface area contributed by atoms with Crippen molar-refractivity contribution < 1.29 is 4.79 Å². The van der Waals surface area contributed by atoms with E-state index in [9.17, 15) is 4.79 Å². The maximum absolute atomic E-state index is 12.6. The summed E-state index contributed by atoms with van der Waals surface area (Å²) in [7, 11) is 1.73. The Morgan fingerprint density at radius 1 is 1.38 bits per heavy atom. The molecule has 108 valence electrons. The van der Waals surface area contributed by atoms with Crippen LogP contribution in [-0.4, -0.2) is 28.9 Å². The fraction of sp³-hybridized carbons (Fsp3) is 0.353. The quantitative estimate of drug-likeness (QED) is 0.868. The van der Waals surface area contributed by atoms with E-state index in [0.29, 0.717) is 17.7 Å². The number of hydrogen-bond donors (Lipinski definition) is 0. The molecule has 0 fully saturated rings. The van der Waals surface area contributed by atoms with Gasteiger partial charge in [0.05, 0.1) is 29.3 Å². The smallest absolute Gasteiger partial charge is 0.255 e. The number of rotatable bonds is 3. The second-order valence-corrected chi connectivity index (χ2v) is 5.44. The van der Waals surface area contributed by atoms with Crippen LogP contribution in [-0.2, 0) is 0 Å². The van der Waals surface area contributed by atoms with E-state index in [0.717, 1.165) is 16.5 Å². The fourth-order valence-electron chi connectivity index (χ4n) is 2.25. The average molecular weight is 281 g/mol. The summed E-state index contributed by atoms with van der Waals surface area (Å²) in [6.07, 6.45) is 0.321. The molecule has 1 aromatic carbocycles. The number of fused-ring (bicyclic) bond motifs is 1. The maximum atomic E-state index is 12.6. The van der Waals surface area contributed by atoms with Crippen LogP contribution in [0, 0.1) is 25.2 Å². The molecule has 0 N–H and O–H groups in total. The predicted octanol–water partition coefficient (Wildman–Crippen LogP) is 3.23. The zero-order chi connectivity index (χ0) is 15.6. The van der Waals surface area contributed by atoms with Gasteiger partial charge in [-0.3, -0.25) is 9.78 Å². The van der Waals surface area contributed by atoms with Crippen molar-refractivity contribution in [3.8, 4) is 6.07 Å². The number of pyridine rings is 1. The summed E-state index contributed by atoms with van der Waals surface area (Å²) in [6, 6.07) is 9.87. The number of hydrogen-bond acceptors (Lipinski definition) is 3. The average Bonchev–Trinajstić information content (AvgIpc) is 2.45. The Morgan fingerprint density at radius 2 is 2.10 bits per heavy atom. The number of nitriles is 1. The number of amides is 1. The molecule has 2 rings (SSSR count). The molecule has 0 aliphatic carbocycles. The predicted molar refractivity (Wildman–Crippen MR) is 83.0 cm³/mol. The van der Waals surface area contributed by atoms with E-state index in [-0.39, 0.29) is 11.9 Å². The maximum Gasteiger partial charge on any atom is 0.255 e. The van der Waals surface area contributed by atoms with E-state index in [1.54, 1.807) is 11.9 Å². The van der Waals surface area contributed by atoms with Crippen molar-refractivity contribution in [1.29, 1.82) is 5.26 Å². The summed E-state index contributed by atoms with van der Waals surface area (Å²) in [5.74, 6) is -0.0924.